The van der Waals surface area contributed by atoms with E-state index in [-0.39, 0.29) is 18.0 Å². The molecule has 0 aliphatic heterocycles. The number of carbonyl (C=O) groups is 3. The monoisotopic (exact) mass is 530 g/mol. The fourth-order valence-corrected chi connectivity index (χ4v) is 4.17. The molecule has 0 bridgehead atoms. The minimum absolute atomic E-state index is 0.0460. The maximum absolute atomic E-state index is 15.3. The van der Waals surface area contributed by atoms with Crippen molar-refractivity contribution < 1.29 is 18.8 Å². The van der Waals surface area contributed by atoms with Crippen LogP contribution in [0.4, 0.5) is 15.8 Å². The van der Waals surface area contributed by atoms with E-state index in [1.54, 1.807) is 42.5 Å². The maximum Gasteiger partial charge on any atom is 0.249 e. The SMILES string of the molecule is CCC(C)(C)NC(=O)[C@@H](c1ccccc1F)N(C(=O)Cn1nnc2ccccc21)c1ccc(NC(C)=O)cc1. The molecule has 1 aromatic heterocycles. The summed E-state index contributed by atoms with van der Waals surface area (Å²) in [7, 11) is 0. The van der Waals surface area contributed by atoms with Crippen molar-refractivity contribution in [2.45, 2.75) is 52.2 Å². The van der Waals surface area contributed by atoms with Gasteiger partial charge in [0.05, 0.1) is 5.52 Å². The van der Waals surface area contributed by atoms with Gasteiger partial charge in [-0.15, -0.1) is 5.10 Å². The standard InChI is InChI=1S/C29H31FN6O3/c1-5-29(3,4)32-28(39)27(22-10-6-7-11-23(22)30)36(21-16-14-20(15-17-21)31-19(2)37)26(38)18-35-25-13-9-8-12-24(25)33-34-35/h6-17,27H,5,18H2,1-4H3,(H,31,37)(H,32,39)/t27-/m1/s1. The Morgan fingerprint density at radius 1 is 1.00 bits per heavy atom. The topological polar surface area (TPSA) is 109 Å². The molecule has 4 rings (SSSR count). The van der Waals surface area contributed by atoms with Gasteiger partial charge in [0.1, 0.15) is 23.9 Å². The Labute approximate surface area is 226 Å². The normalized spacial score (nSPS) is 12.1. The number of nitrogens with one attached hydrogen (secondary N) is 2. The molecule has 2 N–H and O–H groups in total. The van der Waals surface area contributed by atoms with Gasteiger partial charge in [0.25, 0.3) is 0 Å². The average molecular weight is 531 g/mol. The summed E-state index contributed by atoms with van der Waals surface area (Å²) in [5, 5.41) is 13.9. The Bertz CT molecular complexity index is 1500. The molecule has 1 heterocycles. The first-order valence-electron chi connectivity index (χ1n) is 12.6. The van der Waals surface area contributed by atoms with Crippen LogP contribution in [0.3, 0.4) is 0 Å². The molecule has 0 aliphatic carbocycles. The van der Waals surface area contributed by atoms with Crippen molar-refractivity contribution in [2.75, 3.05) is 10.2 Å². The van der Waals surface area contributed by atoms with Crippen molar-refractivity contribution in [3.05, 3.63) is 84.2 Å². The zero-order valence-corrected chi connectivity index (χ0v) is 22.3. The summed E-state index contributed by atoms with van der Waals surface area (Å²) >= 11 is 0. The molecular formula is C29H31FN6O3. The quantitative estimate of drug-likeness (QED) is 0.329. The number of halogens is 1. The molecular weight excluding hydrogens is 499 g/mol. The third-order valence-corrected chi connectivity index (χ3v) is 6.49. The van der Waals surface area contributed by atoms with E-state index in [9.17, 15) is 14.4 Å². The predicted octanol–water partition coefficient (Wildman–Crippen LogP) is 4.61. The first kappa shape index (κ1) is 27.4. The molecule has 0 unspecified atom stereocenters. The molecule has 0 saturated carbocycles. The number of anilines is 2. The number of rotatable bonds is 9. The van der Waals surface area contributed by atoms with E-state index in [1.165, 1.54) is 34.7 Å². The Morgan fingerprint density at radius 2 is 1.67 bits per heavy atom. The van der Waals surface area contributed by atoms with E-state index in [4.69, 9.17) is 0 Å². The number of para-hydroxylation sites is 1. The fraction of sp³-hybridized carbons (Fsp3) is 0.276. The second-order valence-corrected chi connectivity index (χ2v) is 9.88. The van der Waals surface area contributed by atoms with Crippen LogP contribution < -0.4 is 15.5 Å². The van der Waals surface area contributed by atoms with E-state index in [0.717, 1.165) is 0 Å². The lowest BCUT2D eigenvalue weighted by Gasteiger charge is -2.34. The second-order valence-electron chi connectivity index (χ2n) is 9.88. The molecule has 202 valence electrons. The summed E-state index contributed by atoms with van der Waals surface area (Å²) < 4.78 is 16.7. The number of hydrogen-bond acceptors (Lipinski definition) is 5. The lowest BCUT2D eigenvalue weighted by Crippen LogP contribution is -2.51. The first-order valence-corrected chi connectivity index (χ1v) is 12.6. The van der Waals surface area contributed by atoms with Crippen LogP contribution in [0.25, 0.3) is 11.0 Å². The molecule has 9 nitrogen and oxygen atoms in total. The number of nitrogens with zero attached hydrogens (tertiary/aromatic N) is 4. The van der Waals surface area contributed by atoms with E-state index in [0.29, 0.717) is 28.8 Å². The van der Waals surface area contributed by atoms with Crippen LogP contribution in [-0.4, -0.2) is 38.3 Å². The zero-order chi connectivity index (χ0) is 28.2. The van der Waals surface area contributed by atoms with Gasteiger partial charge >= 0.3 is 0 Å². The summed E-state index contributed by atoms with van der Waals surface area (Å²) in [5.41, 5.74) is 1.56. The largest absolute Gasteiger partial charge is 0.349 e. The molecule has 0 fully saturated rings. The van der Waals surface area contributed by atoms with Gasteiger partial charge in [0.2, 0.25) is 17.7 Å². The highest BCUT2D eigenvalue weighted by Gasteiger charge is 2.36. The molecule has 39 heavy (non-hydrogen) atoms. The van der Waals surface area contributed by atoms with Crippen LogP contribution in [0.15, 0.2) is 72.8 Å². The lowest BCUT2D eigenvalue weighted by atomic mass is 9.98. The molecule has 4 aromatic rings. The number of hydrogen-bond donors (Lipinski definition) is 2. The summed E-state index contributed by atoms with van der Waals surface area (Å²) in [5.74, 6) is -1.91. The van der Waals surface area contributed by atoms with Gasteiger partial charge in [-0.2, -0.15) is 0 Å². The minimum atomic E-state index is -1.33. The van der Waals surface area contributed by atoms with E-state index in [1.807, 2.05) is 32.9 Å². The number of carbonyl (C=O) groups excluding carboxylic acids is 3. The van der Waals surface area contributed by atoms with Crippen LogP contribution in [0.2, 0.25) is 0 Å². The van der Waals surface area contributed by atoms with Crippen LogP contribution in [0.5, 0.6) is 0 Å². The summed E-state index contributed by atoms with van der Waals surface area (Å²) in [6, 6.07) is 18.2. The van der Waals surface area contributed by atoms with Crippen molar-refractivity contribution in [2.24, 2.45) is 0 Å². The van der Waals surface area contributed by atoms with Gasteiger partial charge < -0.3 is 10.6 Å². The van der Waals surface area contributed by atoms with Crippen molar-refractivity contribution in [1.29, 1.82) is 0 Å². The Kier molecular flexibility index (Phi) is 8.04. The molecule has 3 amide bonds. The molecule has 3 aromatic carbocycles. The van der Waals surface area contributed by atoms with Crippen LogP contribution in [0.1, 0.15) is 45.7 Å². The Hall–Kier alpha value is -4.60. The zero-order valence-electron chi connectivity index (χ0n) is 22.3. The van der Waals surface area contributed by atoms with E-state index < -0.39 is 29.2 Å². The molecule has 0 aliphatic rings. The van der Waals surface area contributed by atoms with Crippen molar-refractivity contribution in [1.82, 2.24) is 20.3 Å². The van der Waals surface area contributed by atoms with Gasteiger partial charge in [-0.1, -0.05) is 42.5 Å². The molecule has 0 spiro atoms. The highest BCUT2D eigenvalue weighted by Crippen LogP contribution is 2.32. The average Bonchev–Trinajstić information content (AvgIpc) is 3.30. The van der Waals surface area contributed by atoms with E-state index in [2.05, 4.69) is 20.9 Å². The molecule has 10 heteroatoms. The summed E-state index contributed by atoms with van der Waals surface area (Å²) in [6.07, 6.45) is 0.618. The maximum atomic E-state index is 15.3. The van der Waals surface area contributed by atoms with Gasteiger partial charge in [-0.25, -0.2) is 9.07 Å². The van der Waals surface area contributed by atoms with Gasteiger partial charge in [0, 0.05) is 29.4 Å². The summed E-state index contributed by atoms with van der Waals surface area (Å²) in [4.78, 5) is 40.7. The van der Waals surface area contributed by atoms with Gasteiger partial charge in [-0.05, 0) is 62.7 Å². The molecule has 0 radical (unpaired) electrons. The van der Waals surface area contributed by atoms with Crippen molar-refractivity contribution in [3.8, 4) is 0 Å². The van der Waals surface area contributed by atoms with Crippen molar-refractivity contribution >= 4 is 40.1 Å². The lowest BCUT2D eigenvalue weighted by molar-refractivity contribution is -0.128. The smallest absolute Gasteiger partial charge is 0.249 e. The van der Waals surface area contributed by atoms with Crippen LogP contribution in [-0.2, 0) is 20.9 Å². The highest BCUT2D eigenvalue weighted by molar-refractivity contribution is 6.02. The predicted molar refractivity (Wildman–Crippen MR) is 147 cm³/mol. The van der Waals surface area contributed by atoms with Gasteiger partial charge in [-0.3, -0.25) is 19.3 Å². The van der Waals surface area contributed by atoms with Crippen molar-refractivity contribution in [3.63, 3.8) is 0 Å². The number of amides is 3. The Morgan fingerprint density at radius 3 is 2.33 bits per heavy atom. The van der Waals surface area contributed by atoms with Crippen LogP contribution >= 0.6 is 0 Å². The minimum Gasteiger partial charge on any atom is -0.349 e. The number of aromatic nitrogens is 3. The second kappa shape index (κ2) is 11.4. The third-order valence-electron chi connectivity index (χ3n) is 6.49. The van der Waals surface area contributed by atoms with Gasteiger partial charge in [0.15, 0.2) is 0 Å². The Balaban J connectivity index is 1.83. The third kappa shape index (κ3) is 6.28. The first-order chi connectivity index (χ1) is 18.6. The fourth-order valence-electron chi connectivity index (χ4n) is 4.17. The molecule has 0 saturated heterocycles. The highest BCUT2D eigenvalue weighted by atomic mass is 19.1. The number of benzene rings is 3. The summed E-state index contributed by atoms with van der Waals surface area (Å²) in [6.45, 7) is 6.79. The molecule has 1 atom stereocenters. The number of fused-ring (bicyclic) bond motifs is 1. The van der Waals surface area contributed by atoms with E-state index >= 15 is 4.39 Å². The van der Waals surface area contributed by atoms with Crippen LogP contribution in [0, 0.1) is 5.82 Å².